The topological polar surface area (TPSA) is 70.3 Å². The molecule has 0 saturated carbocycles. The van der Waals surface area contributed by atoms with E-state index < -0.39 is 5.97 Å². The number of ether oxygens (including phenoxy) is 1. The predicted molar refractivity (Wildman–Crippen MR) is 35.1 cm³/mol. The minimum Gasteiger partial charge on any atom is -0.478 e. The van der Waals surface area contributed by atoms with Gasteiger partial charge in [-0.3, -0.25) is 0 Å². The van der Waals surface area contributed by atoms with Gasteiger partial charge < -0.3 is 9.84 Å². The average molecular weight is 143 g/mol. The zero-order valence-corrected chi connectivity index (χ0v) is 5.92. The second-order valence-electron chi connectivity index (χ2n) is 1.38. The third-order valence-electron chi connectivity index (χ3n) is 0.456. The van der Waals surface area contributed by atoms with Crippen molar-refractivity contribution in [2.75, 3.05) is 7.11 Å². The minimum absolute atomic E-state index is 0.176. The molecule has 0 aliphatic carbocycles. The van der Waals surface area contributed by atoms with Crippen LogP contribution in [0.3, 0.4) is 0 Å². The number of hydrogen-bond donors (Lipinski definition) is 1. The van der Waals surface area contributed by atoms with E-state index in [0.717, 1.165) is 0 Å². The molecule has 0 aromatic carbocycles. The van der Waals surface area contributed by atoms with Gasteiger partial charge in [0.2, 0.25) is 0 Å². The Bertz CT molecular complexity index is 145. The molecule has 0 amide bonds. The summed E-state index contributed by atoms with van der Waals surface area (Å²) in [5.74, 6) is -0.935. The van der Waals surface area contributed by atoms with Crippen molar-refractivity contribution in [3.8, 4) is 6.26 Å². The van der Waals surface area contributed by atoms with Crippen molar-refractivity contribution >= 4 is 5.97 Å². The fraction of sp³-hybridized carbons (Fsp3) is 0.333. The second kappa shape index (κ2) is 7.50. The lowest BCUT2D eigenvalue weighted by molar-refractivity contribution is -0.132. The Balaban J connectivity index is 0. The van der Waals surface area contributed by atoms with E-state index >= 15 is 0 Å². The van der Waals surface area contributed by atoms with Crippen LogP contribution in [-0.2, 0) is 9.53 Å². The zero-order chi connectivity index (χ0) is 8.57. The Hall–Kier alpha value is -1.50. The molecule has 0 fully saturated rings. The van der Waals surface area contributed by atoms with Gasteiger partial charge >= 0.3 is 5.97 Å². The second-order valence-corrected chi connectivity index (χ2v) is 1.38. The van der Waals surface area contributed by atoms with Crippen LogP contribution in [0.15, 0.2) is 12.2 Å². The molecule has 0 heterocycles. The Kier molecular flexibility index (Phi) is 8.49. The summed E-state index contributed by atoms with van der Waals surface area (Å²) < 4.78 is 3.85. The molecular formula is C6H9NO3. The van der Waals surface area contributed by atoms with Crippen molar-refractivity contribution in [1.82, 2.24) is 0 Å². The van der Waals surface area contributed by atoms with E-state index in [9.17, 15) is 4.79 Å². The number of nitrogens with zero attached hydrogens (tertiary/aromatic N) is 1. The maximum absolute atomic E-state index is 9.60. The fourth-order valence-corrected chi connectivity index (χ4v) is 0. The molecule has 10 heavy (non-hydrogen) atoms. The Morgan fingerprint density at radius 3 is 2.00 bits per heavy atom. The lowest BCUT2D eigenvalue weighted by Gasteiger charge is -1.79. The lowest BCUT2D eigenvalue weighted by atomic mass is 10.4. The van der Waals surface area contributed by atoms with E-state index in [1.807, 2.05) is 0 Å². The highest BCUT2D eigenvalue weighted by Crippen LogP contribution is 1.81. The Labute approximate surface area is 59.3 Å². The van der Waals surface area contributed by atoms with Crippen molar-refractivity contribution in [1.29, 1.82) is 5.26 Å². The molecule has 0 aliphatic rings. The number of hydrogen-bond acceptors (Lipinski definition) is 3. The molecule has 0 aromatic rings. The maximum Gasteiger partial charge on any atom is 0.330 e. The average Bonchev–Trinajstić information content (AvgIpc) is 1.89. The van der Waals surface area contributed by atoms with Crippen LogP contribution < -0.4 is 0 Å². The number of aliphatic carboxylic acids is 1. The molecule has 0 unspecified atom stereocenters. The summed E-state index contributed by atoms with van der Waals surface area (Å²) in [7, 11) is 1.32. The molecule has 4 nitrogen and oxygen atoms in total. The molecule has 0 aromatic heterocycles. The van der Waals surface area contributed by atoms with Crippen LogP contribution in [0.4, 0.5) is 0 Å². The van der Waals surface area contributed by atoms with Crippen molar-refractivity contribution < 1.29 is 14.6 Å². The van der Waals surface area contributed by atoms with Crippen LogP contribution in [0, 0.1) is 11.5 Å². The van der Waals surface area contributed by atoms with Crippen LogP contribution in [0.25, 0.3) is 0 Å². The summed E-state index contributed by atoms with van der Waals surface area (Å²) in [6, 6.07) is 0. The first-order valence-corrected chi connectivity index (χ1v) is 2.37. The van der Waals surface area contributed by atoms with Crippen LogP contribution in [0.5, 0.6) is 0 Å². The maximum atomic E-state index is 9.60. The highest BCUT2D eigenvalue weighted by atomic mass is 16.5. The highest BCUT2D eigenvalue weighted by Gasteiger charge is 1.90. The minimum atomic E-state index is -0.935. The number of carboxylic acid groups (broad SMARTS) is 1. The van der Waals surface area contributed by atoms with Gasteiger partial charge in [-0.05, 0) is 6.92 Å². The molecule has 0 spiro atoms. The van der Waals surface area contributed by atoms with Gasteiger partial charge in [-0.1, -0.05) is 6.58 Å². The molecule has 0 rings (SSSR count). The first-order chi connectivity index (χ1) is 4.56. The van der Waals surface area contributed by atoms with Gasteiger partial charge in [0.1, 0.15) is 0 Å². The largest absolute Gasteiger partial charge is 0.478 e. The summed E-state index contributed by atoms with van der Waals surface area (Å²) in [5, 5.41) is 15.3. The van der Waals surface area contributed by atoms with E-state index in [4.69, 9.17) is 10.4 Å². The number of methoxy groups -OCH3 is 1. The van der Waals surface area contributed by atoms with Crippen molar-refractivity contribution in [3.05, 3.63) is 12.2 Å². The molecule has 0 radical (unpaired) electrons. The normalized spacial score (nSPS) is 6.10. The molecule has 0 bridgehead atoms. The van der Waals surface area contributed by atoms with Gasteiger partial charge in [-0.15, -0.1) is 0 Å². The summed E-state index contributed by atoms with van der Waals surface area (Å²) in [6.07, 6.45) is 1.43. The van der Waals surface area contributed by atoms with Gasteiger partial charge in [-0.2, -0.15) is 5.26 Å². The smallest absolute Gasteiger partial charge is 0.330 e. The number of carboxylic acids is 1. The summed E-state index contributed by atoms with van der Waals surface area (Å²) in [6.45, 7) is 4.60. The first kappa shape index (κ1) is 11.3. The molecule has 0 atom stereocenters. The van der Waals surface area contributed by atoms with Crippen LogP contribution in [0.1, 0.15) is 6.92 Å². The lowest BCUT2D eigenvalue weighted by Crippen LogP contribution is -1.92. The predicted octanol–water partition coefficient (Wildman–Crippen LogP) is 0.761. The SMILES string of the molecule is C=C(C)C(=O)O.COC#N. The standard InChI is InChI=1S/C4H6O2.C2H3NO/c1-3(2)4(5)6;1-4-2-3/h1H2,2H3,(H,5,6);1H3. The van der Waals surface area contributed by atoms with Crippen molar-refractivity contribution in [2.24, 2.45) is 0 Å². The van der Waals surface area contributed by atoms with E-state index in [1.165, 1.54) is 20.3 Å². The van der Waals surface area contributed by atoms with Gasteiger partial charge in [0.15, 0.2) is 0 Å². The van der Waals surface area contributed by atoms with Gasteiger partial charge in [0.25, 0.3) is 6.26 Å². The van der Waals surface area contributed by atoms with Gasteiger partial charge in [-0.25, -0.2) is 4.79 Å². The number of carbonyl (C=O) groups is 1. The number of rotatable bonds is 1. The van der Waals surface area contributed by atoms with E-state index in [0.29, 0.717) is 0 Å². The zero-order valence-electron chi connectivity index (χ0n) is 5.92. The quantitative estimate of drug-likeness (QED) is 0.434. The first-order valence-electron chi connectivity index (χ1n) is 2.37. The molecule has 4 heteroatoms. The Morgan fingerprint density at radius 1 is 1.80 bits per heavy atom. The Morgan fingerprint density at radius 2 is 2.00 bits per heavy atom. The highest BCUT2D eigenvalue weighted by molar-refractivity contribution is 5.84. The third kappa shape index (κ3) is 16.1. The van der Waals surface area contributed by atoms with Crippen molar-refractivity contribution in [2.45, 2.75) is 6.92 Å². The molecule has 1 N–H and O–H groups in total. The molecule has 0 saturated heterocycles. The summed E-state index contributed by atoms with van der Waals surface area (Å²) in [5.41, 5.74) is 0.176. The van der Waals surface area contributed by atoms with E-state index in [-0.39, 0.29) is 5.57 Å². The monoisotopic (exact) mass is 143 g/mol. The van der Waals surface area contributed by atoms with Crippen LogP contribution in [-0.4, -0.2) is 18.2 Å². The molecule has 0 aliphatic heterocycles. The van der Waals surface area contributed by atoms with Crippen molar-refractivity contribution in [3.63, 3.8) is 0 Å². The third-order valence-corrected chi connectivity index (χ3v) is 0.456. The molecular weight excluding hydrogens is 134 g/mol. The van der Waals surface area contributed by atoms with E-state index in [1.54, 1.807) is 0 Å². The summed E-state index contributed by atoms with van der Waals surface area (Å²) >= 11 is 0. The number of nitriles is 1. The summed E-state index contributed by atoms with van der Waals surface area (Å²) in [4.78, 5) is 9.60. The van der Waals surface area contributed by atoms with Crippen LogP contribution in [0.2, 0.25) is 0 Å². The van der Waals surface area contributed by atoms with Crippen LogP contribution >= 0.6 is 0 Å². The van der Waals surface area contributed by atoms with Gasteiger partial charge in [0, 0.05) is 5.57 Å². The van der Waals surface area contributed by atoms with Gasteiger partial charge in [0.05, 0.1) is 7.11 Å². The molecule has 56 valence electrons. The fourth-order valence-electron chi connectivity index (χ4n) is 0. The van der Waals surface area contributed by atoms with E-state index in [2.05, 4.69) is 11.3 Å².